The smallest absolute Gasteiger partial charge is 0.145 e. The fourth-order valence-corrected chi connectivity index (χ4v) is 1.17. The second-order valence-electron chi connectivity index (χ2n) is 2.35. The first-order chi connectivity index (χ1) is 5.14. The van der Waals surface area contributed by atoms with E-state index in [0.29, 0.717) is 0 Å². The molecular formula is C6H17NO3Si. The zero-order valence-electron chi connectivity index (χ0n) is 7.88. The van der Waals surface area contributed by atoms with E-state index < -0.39 is 0 Å². The summed E-state index contributed by atoms with van der Waals surface area (Å²) in [5.74, 6) is 0. The summed E-state index contributed by atoms with van der Waals surface area (Å²) in [6, 6.07) is 0. The summed E-state index contributed by atoms with van der Waals surface area (Å²) in [7, 11) is 5.60. The van der Waals surface area contributed by atoms with Crippen molar-refractivity contribution in [2.45, 2.75) is 18.7 Å². The third kappa shape index (κ3) is 2.53. The first kappa shape index (κ1) is 11.1. The van der Waals surface area contributed by atoms with E-state index >= 15 is 0 Å². The van der Waals surface area contributed by atoms with Crippen LogP contribution in [0.4, 0.5) is 0 Å². The summed E-state index contributed by atoms with van der Waals surface area (Å²) in [6.07, 6.45) is 0.845. The van der Waals surface area contributed by atoms with Crippen LogP contribution in [0, 0.1) is 0 Å². The Morgan fingerprint density at radius 2 is 1.73 bits per heavy atom. The monoisotopic (exact) mass is 179 g/mol. The lowest BCUT2D eigenvalue weighted by atomic mass is 10.4. The molecule has 1 atom stereocenters. The van der Waals surface area contributed by atoms with Gasteiger partial charge in [-0.1, -0.05) is 6.92 Å². The highest BCUT2D eigenvalue weighted by atomic mass is 28.1. The summed E-state index contributed by atoms with van der Waals surface area (Å²) >= 11 is 0. The van der Waals surface area contributed by atoms with Gasteiger partial charge in [0.25, 0.3) is 0 Å². The summed E-state index contributed by atoms with van der Waals surface area (Å²) in [5.41, 5.74) is 0. The summed E-state index contributed by atoms with van der Waals surface area (Å²) in [6.45, 7) is 2.03. The minimum absolute atomic E-state index is 0.372. The van der Waals surface area contributed by atoms with E-state index in [9.17, 15) is 0 Å². The standard InChI is InChI=1S/C6H17NO3Si/c1-5-6(11,8-2)7(9-3)10-4/h5H2,1-4,11H3. The molecule has 0 aliphatic rings. The van der Waals surface area contributed by atoms with Gasteiger partial charge >= 0.3 is 0 Å². The summed E-state index contributed by atoms with van der Waals surface area (Å²) < 4.78 is 5.27. The maximum Gasteiger partial charge on any atom is 0.145 e. The van der Waals surface area contributed by atoms with E-state index in [1.165, 1.54) is 5.23 Å². The molecule has 0 saturated carbocycles. The van der Waals surface area contributed by atoms with E-state index in [1.54, 1.807) is 21.3 Å². The van der Waals surface area contributed by atoms with Gasteiger partial charge in [-0.3, -0.25) is 9.68 Å². The molecule has 0 aromatic carbocycles. The van der Waals surface area contributed by atoms with Crippen molar-refractivity contribution >= 4 is 10.2 Å². The van der Waals surface area contributed by atoms with Gasteiger partial charge in [0.05, 0.1) is 24.5 Å². The van der Waals surface area contributed by atoms with Crippen LogP contribution in [0.2, 0.25) is 0 Å². The molecule has 0 spiro atoms. The van der Waals surface area contributed by atoms with Gasteiger partial charge in [0.15, 0.2) is 0 Å². The Balaban J connectivity index is 4.19. The largest absolute Gasteiger partial charge is 0.363 e. The fourth-order valence-electron chi connectivity index (χ4n) is 0.809. The molecule has 0 bridgehead atoms. The first-order valence-corrected chi connectivity index (χ1v) is 4.58. The normalized spacial score (nSPS) is 17.2. The summed E-state index contributed by atoms with van der Waals surface area (Å²) in [4.78, 5) is 9.93. The Hall–Kier alpha value is 0.0569. The zero-order valence-corrected chi connectivity index (χ0v) is 9.88. The van der Waals surface area contributed by atoms with Crippen LogP contribution in [0.25, 0.3) is 0 Å². The first-order valence-electron chi connectivity index (χ1n) is 3.58. The van der Waals surface area contributed by atoms with E-state index in [1.807, 2.05) is 6.92 Å². The van der Waals surface area contributed by atoms with Crippen molar-refractivity contribution in [2.75, 3.05) is 21.3 Å². The quantitative estimate of drug-likeness (QED) is 0.323. The van der Waals surface area contributed by atoms with Crippen LogP contribution in [0.1, 0.15) is 13.3 Å². The molecule has 68 valence electrons. The molecule has 0 aromatic rings. The van der Waals surface area contributed by atoms with Gasteiger partial charge < -0.3 is 4.74 Å². The molecule has 4 nitrogen and oxygen atoms in total. The molecule has 0 N–H and O–H groups in total. The average molecular weight is 179 g/mol. The molecule has 11 heavy (non-hydrogen) atoms. The average Bonchev–Trinajstić information content (AvgIpc) is 2.06. The van der Waals surface area contributed by atoms with Crippen molar-refractivity contribution in [3.63, 3.8) is 0 Å². The lowest BCUT2D eigenvalue weighted by Crippen LogP contribution is -2.49. The number of methoxy groups -OCH3 is 1. The molecule has 0 aliphatic heterocycles. The van der Waals surface area contributed by atoms with Crippen LogP contribution < -0.4 is 0 Å². The highest BCUT2D eigenvalue weighted by Crippen LogP contribution is 2.16. The molecule has 0 aliphatic carbocycles. The zero-order chi connectivity index (χ0) is 8.91. The van der Waals surface area contributed by atoms with Crippen molar-refractivity contribution in [1.82, 2.24) is 5.23 Å². The van der Waals surface area contributed by atoms with E-state index in [4.69, 9.17) is 14.4 Å². The SMILES string of the molecule is CCC([SiH3])(OC)N(OC)OC. The number of rotatable bonds is 5. The van der Waals surface area contributed by atoms with Crippen LogP contribution in [0.3, 0.4) is 0 Å². The van der Waals surface area contributed by atoms with Gasteiger partial charge in [-0.2, -0.15) is 0 Å². The maximum absolute atomic E-state index is 5.27. The predicted octanol–water partition coefficient (Wildman–Crippen LogP) is -0.513. The van der Waals surface area contributed by atoms with Crippen LogP contribution in [0.5, 0.6) is 0 Å². The van der Waals surface area contributed by atoms with Crippen LogP contribution in [-0.4, -0.2) is 42.1 Å². The molecule has 5 heteroatoms. The van der Waals surface area contributed by atoms with Gasteiger partial charge in [-0.25, -0.2) is 0 Å². The third-order valence-electron chi connectivity index (χ3n) is 1.81. The van der Waals surface area contributed by atoms with Crippen LogP contribution in [0.15, 0.2) is 0 Å². The van der Waals surface area contributed by atoms with Crippen molar-refractivity contribution < 1.29 is 14.4 Å². The number of ether oxygens (including phenoxy) is 1. The lowest BCUT2D eigenvalue weighted by Gasteiger charge is -2.34. The Labute approximate surface area is 70.7 Å². The van der Waals surface area contributed by atoms with E-state index in [0.717, 1.165) is 16.7 Å². The van der Waals surface area contributed by atoms with Crippen molar-refractivity contribution in [2.24, 2.45) is 0 Å². The molecule has 0 fully saturated rings. The maximum atomic E-state index is 5.27. The minimum Gasteiger partial charge on any atom is -0.363 e. The van der Waals surface area contributed by atoms with Crippen molar-refractivity contribution in [3.05, 3.63) is 0 Å². The number of hydrogen-bond acceptors (Lipinski definition) is 4. The minimum atomic E-state index is -0.372. The van der Waals surface area contributed by atoms with Crippen LogP contribution >= 0.6 is 0 Å². The van der Waals surface area contributed by atoms with Gasteiger partial charge in [0, 0.05) is 7.11 Å². The number of hydrogen-bond donors (Lipinski definition) is 0. The number of hydroxylamine groups is 2. The van der Waals surface area contributed by atoms with Gasteiger partial charge in [-0.15, -0.1) is 0 Å². The van der Waals surface area contributed by atoms with Crippen molar-refractivity contribution in [1.29, 1.82) is 0 Å². The molecule has 0 saturated heterocycles. The highest BCUT2D eigenvalue weighted by molar-refractivity contribution is 6.13. The Kier molecular flexibility index (Phi) is 4.86. The van der Waals surface area contributed by atoms with Crippen LogP contribution in [-0.2, 0) is 14.4 Å². The molecule has 1 unspecified atom stereocenters. The molecule has 0 amide bonds. The topological polar surface area (TPSA) is 30.9 Å². The Bertz CT molecular complexity index is 104. The third-order valence-corrected chi connectivity index (χ3v) is 3.29. The van der Waals surface area contributed by atoms with Gasteiger partial charge in [-0.05, 0) is 11.6 Å². The molecular weight excluding hydrogens is 162 g/mol. The number of nitrogens with zero attached hydrogens (tertiary/aromatic N) is 1. The second-order valence-corrected chi connectivity index (χ2v) is 3.92. The molecule has 0 radical (unpaired) electrons. The highest BCUT2D eigenvalue weighted by Gasteiger charge is 2.30. The Morgan fingerprint density at radius 3 is 1.82 bits per heavy atom. The predicted molar refractivity (Wildman–Crippen MR) is 45.8 cm³/mol. The lowest BCUT2D eigenvalue weighted by molar-refractivity contribution is -0.416. The van der Waals surface area contributed by atoms with E-state index in [2.05, 4.69) is 0 Å². The Morgan fingerprint density at radius 1 is 1.27 bits per heavy atom. The molecule has 0 aromatic heterocycles. The molecule has 0 rings (SSSR count). The fraction of sp³-hybridized carbons (Fsp3) is 1.00. The molecule has 0 heterocycles. The van der Waals surface area contributed by atoms with Crippen molar-refractivity contribution in [3.8, 4) is 0 Å². The second kappa shape index (κ2) is 4.84. The van der Waals surface area contributed by atoms with E-state index in [-0.39, 0.29) is 5.35 Å². The van der Waals surface area contributed by atoms with Gasteiger partial charge in [0.2, 0.25) is 0 Å². The van der Waals surface area contributed by atoms with Gasteiger partial charge in [0.1, 0.15) is 5.35 Å². The summed E-state index contributed by atoms with van der Waals surface area (Å²) in [5, 5.41) is 1.02.